The Kier molecular flexibility index (Phi) is 5.04. The van der Waals surface area contributed by atoms with Crippen molar-refractivity contribution in [1.29, 1.82) is 0 Å². The van der Waals surface area contributed by atoms with Crippen LogP contribution in [0.2, 0.25) is 0 Å². The summed E-state index contributed by atoms with van der Waals surface area (Å²) in [4.78, 5) is 4.54. The third-order valence-electron chi connectivity index (χ3n) is 3.63. The Morgan fingerprint density at radius 1 is 1.26 bits per heavy atom. The van der Waals surface area contributed by atoms with Crippen molar-refractivity contribution in [2.75, 3.05) is 0 Å². The van der Waals surface area contributed by atoms with Crippen molar-refractivity contribution in [2.45, 2.75) is 59.2 Å². The van der Waals surface area contributed by atoms with Crippen molar-refractivity contribution < 1.29 is 13.2 Å². The molecular formula is C14H23F3N2. The summed E-state index contributed by atoms with van der Waals surface area (Å²) in [6.45, 7) is 7.27. The molecule has 1 aliphatic carbocycles. The van der Waals surface area contributed by atoms with Gasteiger partial charge in [0.15, 0.2) is 0 Å². The zero-order valence-electron chi connectivity index (χ0n) is 12.0. The highest BCUT2D eigenvalue weighted by Crippen LogP contribution is 2.30. The molecule has 2 unspecified atom stereocenters. The predicted molar refractivity (Wildman–Crippen MR) is 72.0 cm³/mol. The number of rotatable bonds is 3. The lowest BCUT2D eigenvalue weighted by molar-refractivity contribution is -0.0931. The Labute approximate surface area is 113 Å². The van der Waals surface area contributed by atoms with Crippen LogP contribution in [-0.4, -0.2) is 17.9 Å². The van der Waals surface area contributed by atoms with E-state index in [2.05, 4.69) is 11.9 Å². The maximum atomic E-state index is 12.7. The van der Waals surface area contributed by atoms with Gasteiger partial charge in [0, 0.05) is 5.71 Å². The molecule has 0 amide bonds. The Morgan fingerprint density at radius 3 is 2.21 bits per heavy atom. The third-order valence-corrected chi connectivity index (χ3v) is 3.63. The molecule has 0 aromatic rings. The second-order valence-corrected chi connectivity index (χ2v) is 5.78. The monoisotopic (exact) mass is 276 g/mol. The van der Waals surface area contributed by atoms with E-state index in [1.54, 1.807) is 0 Å². The van der Waals surface area contributed by atoms with Crippen LogP contribution in [0.15, 0.2) is 16.3 Å². The first kappa shape index (κ1) is 16.1. The second kappa shape index (κ2) is 5.97. The fraction of sp³-hybridized carbons (Fsp3) is 0.786. The van der Waals surface area contributed by atoms with Gasteiger partial charge in [-0.05, 0) is 43.6 Å². The predicted octanol–water partition coefficient (Wildman–Crippen LogP) is 4.07. The van der Waals surface area contributed by atoms with Gasteiger partial charge in [0.05, 0.1) is 6.04 Å². The van der Waals surface area contributed by atoms with Crippen molar-refractivity contribution in [2.24, 2.45) is 22.6 Å². The molecule has 1 saturated carbocycles. The van der Waals surface area contributed by atoms with Crippen LogP contribution in [0.3, 0.4) is 0 Å². The summed E-state index contributed by atoms with van der Waals surface area (Å²) in [6, 6.07) is 0.142. The Hall–Kier alpha value is -1.00. The van der Waals surface area contributed by atoms with Gasteiger partial charge in [-0.15, -0.1) is 0 Å². The van der Waals surface area contributed by atoms with Gasteiger partial charge in [-0.25, -0.2) is 0 Å². The van der Waals surface area contributed by atoms with E-state index in [0.717, 1.165) is 19.3 Å². The minimum absolute atomic E-state index is 0.0585. The van der Waals surface area contributed by atoms with E-state index in [9.17, 15) is 13.2 Å². The highest BCUT2D eigenvalue weighted by atomic mass is 19.4. The quantitative estimate of drug-likeness (QED) is 0.775. The molecule has 0 aromatic carbocycles. The van der Waals surface area contributed by atoms with Crippen LogP contribution >= 0.6 is 0 Å². The molecule has 2 atom stereocenters. The van der Waals surface area contributed by atoms with Crippen LogP contribution in [-0.2, 0) is 0 Å². The molecule has 0 bridgehead atoms. The van der Waals surface area contributed by atoms with Gasteiger partial charge in [-0.3, -0.25) is 4.99 Å². The normalized spacial score (nSPS) is 26.8. The van der Waals surface area contributed by atoms with Crippen LogP contribution < -0.4 is 5.73 Å². The highest BCUT2D eigenvalue weighted by molar-refractivity contribution is 6.01. The third kappa shape index (κ3) is 4.25. The zero-order chi connectivity index (χ0) is 14.8. The smallest absolute Gasteiger partial charge is 0.394 e. The molecule has 0 aliphatic heterocycles. The Bertz CT molecular complexity index is 381. The molecule has 0 radical (unpaired) electrons. The molecular weight excluding hydrogens is 253 g/mol. The van der Waals surface area contributed by atoms with Crippen LogP contribution in [0.5, 0.6) is 0 Å². The minimum Gasteiger partial charge on any atom is -0.394 e. The van der Waals surface area contributed by atoms with Crippen molar-refractivity contribution in [3.63, 3.8) is 0 Å². The first-order valence-corrected chi connectivity index (χ1v) is 6.74. The number of alkyl halides is 3. The average molecular weight is 276 g/mol. The van der Waals surface area contributed by atoms with Gasteiger partial charge in [0.2, 0.25) is 0 Å². The molecule has 19 heavy (non-hydrogen) atoms. The molecule has 0 heterocycles. The molecule has 2 nitrogen and oxygen atoms in total. The fourth-order valence-corrected chi connectivity index (χ4v) is 2.52. The minimum atomic E-state index is -4.48. The summed E-state index contributed by atoms with van der Waals surface area (Å²) in [5, 5.41) is 0. The summed E-state index contributed by atoms with van der Waals surface area (Å²) in [6.07, 6.45) is -1.48. The number of halogens is 3. The van der Waals surface area contributed by atoms with Gasteiger partial charge in [0.1, 0.15) is 5.70 Å². The molecule has 0 aromatic heterocycles. The van der Waals surface area contributed by atoms with Crippen LogP contribution in [0, 0.1) is 11.8 Å². The summed E-state index contributed by atoms with van der Waals surface area (Å²) >= 11 is 0. The van der Waals surface area contributed by atoms with E-state index in [1.807, 2.05) is 13.8 Å². The van der Waals surface area contributed by atoms with E-state index in [0.29, 0.717) is 11.6 Å². The highest BCUT2D eigenvalue weighted by Gasteiger charge is 2.34. The molecule has 110 valence electrons. The molecule has 5 heteroatoms. The van der Waals surface area contributed by atoms with Crippen molar-refractivity contribution in [3.05, 3.63) is 11.3 Å². The molecule has 0 spiro atoms. The number of hydrogen-bond donors (Lipinski definition) is 1. The lowest BCUT2D eigenvalue weighted by Gasteiger charge is -2.18. The number of hydrogen-bond acceptors (Lipinski definition) is 2. The second-order valence-electron chi connectivity index (χ2n) is 5.78. The standard InChI is InChI=1S/C14H23F3N2/c1-8(2)12(10(4)13(18)14(15,16)17)19-11-6-5-9(3)7-11/h8-9,11H,5-7,18H2,1-4H3. The maximum absolute atomic E-state index is 12.7. The first-order chi connectivity index (χ1) is 8.62. The molecule has 1 fully saturated rings. The summed E-state index contributed by atoms with van der Waals surface area (Å²) in [7, 11) is 0. The number of nitrogens with zero attached hydrogens (tertiary/aromatic N) is 1. The Morgan fingerprint density at radius 2 is 1.84 bits per heavy atom. The lowest BCUT2D eigenvalue weighted by Crippen LogP contribution is -2.26. The van der Waals surface area contributed by atoms with Gasteiger partial charge < -0.3 is 5.73 Å². The van der Waals surface area contributed by atoms with Crippen molar-refractivity contribution in [3.8, 4) is 0 Å². The maximum Gasteiger partial charge on any atom is 0.431 e. The lowest BCUT2D eigenvalue weighted by atomic mass is 9.98. The topological polar surface area (TPSA) is 38.4 Å². The number of allylic oxidation sites excluding steroid dienone is 2. The van der Waals surface area contributed by atoms with E-state index in [-0.39, 0.29) is 17.5 Å². The average Bonchev–Trinajstić information content (AvgIpc) is 2.68. The zero-order valence-corrected chi connectivity index (χ0v) is 12.0. The van der Waals surface area contributed by atoms with E-state index in [1.165, 1.54) is 6.92 Å². The van der Waals surface area contributed by atoms with Crippen LogP contribution in [0.1, 0.15) is 47.0 Å². The largest absolute Gasteiger partial charge is 0.431 e. The molecule has 1 rings (SSSR count). The SMILES string of the molecule is CC(C(=NC1CCC(C)C1)C(C)C)=C(N)C(F)(F)F. The van der Waals surface area contributed by atoms with E-state index < -0.39 is 11.9 Å². The molecule has 2 N–H and O–H groups in total. The summed E-state index contributed by atoms with van der Waals surface area (Å²) in [5.74, 6) is 0.545. The van der Waals surface area contributed by atoms with Crippen LogP contribution in [0.4, 0.5) is 13.2 Å². The number of nitrogens with two attached hydrogens (primary N) is 1. The van der Waals surface area contributed by atoms with Crippen molar-refractivity contribution >= 4 is 5.71 Å². The number of aliphatic imine (C=N–C) groups is 1. The fourth-order valence-electron chi connectivity index (χ4n) is 2.52. The van der Waals surface area contributed by atoms with Gasteiger partial charge in [-0.2, -0.15) is 13.2 Å². The first-order valence-electron chi connectivity index (χ1n) is 6.74. The van der Waals surface area contributed by atoms with Crippen LogP contribution in [0.25, 0.3) is 0 Å². The van der Waals surface area contributed by atoms with E-state index in [4.69, 9.17) is 5.73 Å². The van der Waals surface area contributed by atoms with Gasteiger partial charge in [-0.1, -0.05) is 20.8 Å². The van der Waals surface area contributed by atoms with Gasteiger partial charge in [0.25, 0.3) is 0 Å². The summed E-state index contributed by atoms with van der Waals surface area (Å²) < 4.78 is 38.0. The van der Waals surface area contributed by atoms with Gasteiger partial charge >= 0.3 is 6.18 Å². The molecule has 0 saturated heterocycles. The summed E-state index contributed by atoms with van der Waals surface area (Å²) in [5.41, 5.74) is 4.75. The van der Waals surface area contributed by atoms with Crippen molar-refractivity contribution in [1.82, 2.24) is 0 Å². The molecule has 1 aliphatic rings. The van der Waals surface area contributed by atoms with E-state index >= 15 is 0 Å². The Balaban J connectivity index is 3.05.